The first-order valence-corrected chi connectivity index (χ1v) is 7.24. The monoisotopic (exact) mass is 358 g/mol. The Kier molecular flexibility index (Phi) is 5.71. The molecule has 0 heterocycles. The van der Waals surface area contributed by atoms with Crippen molar-refractivity contribution in [3.63, 3.8) is 0 Å². The molecule has 0 aromatic heterocycles. The third-order valence-electron chi connectivity index (χ3n) is 3.08. The van der Waals surface area contributed by atoms with Crippen molar-refractivity contribution in [1.82, 2.24) is 0 Å². The van der Waals surface area contributed by atoms with Gasteiger partial charge in [0, 0.05) is 18.2 Å². The molecule has 8 heteroatoms. The summed E-state index contributed by atoms with van der Waals surface area (Å²) in [5.41, 5.74) is 0.520. The molecule has 126 valence electrons. The van der Waals surface area contributed by atoms with Crippen LogP contribution in [0, 0.1) is 21.4 Å². The lowest BCUT2D eigenvalue weighted by Gasteiger charge is -2.07. The Labute approximate surface area is 147 Å². The third kappa shape index (κ3) is 4.56. The molecule has 0 radical (unpaired) electrons. The van der Waals surface area contributed by atoms with Gasteiger partial charge in [0.15, 0.2) is 11.5 Å². The summed E-state index contributed by atoms with van der Waals surface area (Å²) >= 11 is 5.73. The molecule has 0 bridgehead atoms. The van der Waals surface area contributed by atoms with Crippen molar-refractivity contribution < 1.29 is 19.2 Å². The molecule has 0 saturated heterocycles. The number of carbonyl (C=O) groups is 1. The quantitative estimate of drug-likeness (QED) is 0.265. The van der Waals surface area contributed by atoms with E-state index in [-0.39, 0.29) is 22.2 Å². The Hall–Kier alpha value is -3.37. The van der Waals surface area contributed by atoms with Gasteiger partial charge in [0.05, 0.1) is 23.7 Å². The summed E-state index contributed by atoms with van der Waals surface area (Å²) < 4.78 is 10.2. The average Bonchev–Trinajstić information content (AvgIpc) is 2.61. The van der Waals surface area contributed by atoms with Crippen LogP contribution < -0.4 is 9.47 Å². The predicted molar refractivity (Wildman–Crippen MR) is 90.5 cm³/mol. The summed E-state index contributed by atoms with van der Waals surface area (Å²) in [5, 5.41) is 19.7. The van der Waals surface area contributed by atoms with Gasteiger partial charge in [-0.2, -0.15) is 5.26 Å². The number of ether oxygens (including phenoxy) is 2. The van der Waals surface area contributed by atoms with Crippen LogP contribution in [0.1, 0.15) is 11.1 Å². The summed E-state index contributed by atoms with van der Waals surface area (Å²) in [6.07, 6.45) is 2.48. The molecule has 0 unspecified atom stereocenters. The van der Waals surface area contributed by atoms with E-state index < -0.39 is 10.9 Å². The zero-order chi connectivity index (χ0) is 18.4. The molecule has 0 aliphatic heterocycles. The van der Waals surface area contributed by atoms with E-state index in [9.17, 15) is 14.9 Å². The number of methoxy groups -OCH3 is 1. The van der Waals surface area contributed by atoms with Gasteiger partial charge < -0.3 is 9.47 Å². The van der Waals surface area contributed by atoms with Crippen molar-refractivity contribution in [3.8, 4) is 17.6 Å². The first kappa shape index (κ1) is 18.0. The number of hydrogen-bond donors (Lipinski definition) is 0. The Balaban J connectivity index is 2.15. The largest absolute Gasteiger partial charge is 0.493 e. The van der Waals surface area contributed by atoms with Crippen molar-refractivity contribution in [3.05, 3.63) is 68.7 Å². The van der Waals surface area contributed by atoms with Gasteiger partial charge in [0.25, 0.3) is 5.69 Å². The molecule has 0 aliphatic rings. The first-order chi connectivity index (χ1) is 11.9. The molecular weight excluding hydrogens is 348 g/mol. The fraction of sp³-hybridized carbons (Fsp3) is 0.0588. The molecule has 0 aliphatic carbocycles. The minimum atomic E-state index is -0.708. The SMILES string of the molecule is COc1cc(C#N)ccc1OC(=O)C=Cc1ccc(Cl)c([N+](=O)[O-])c1. The number of hydrogen-bond acceptors (Lipinski definition) is 6. The number of nitro benzene ring substituents is 1. The van der Waals surface area contributed by atoms with Crippen molar-refractivity contribution in [2.24, 2.45) is 0 Å². The summed E-state index contributed by atoms with van der Waals surface area (Å²) in [6.45, 7) is 0. The number of nitriles is 1. The number of rotatable bonds is 5. The fourth-order valence-corrected chi connectivity index (χ4v) is 2.09. The lowest BCUT2D eigenvalue weighted by molar-refractivity contribution is -0.384. The molecule has 0 N–H and O–H groups in total. The van der Waals surface area contributed by atoms with Crippen LogP contribution in [0.25, 0.3) is 6.08 Å². The molecule has 0 spiro atoms. The maximum atomic E-state index is 11.9. The van der Waals surface area contributed by atoms with Crippen molar-refractivity contribution in [2.45, 2.75) is 0 Å². The van der Waals surface area contributed by atoms with E-state index in [0.29, 0.717) is 11.1 Å². The van der Waals surface area contributed by atoms with Crippen molar-refractivity contribution in [2.75, 3.05) is 7.11 Å². The van der Waals surface area contributed by atoms with Crippen LogP contribution in [-0.4, -0.2) is 18.0 Å². The number of carbonyl (C=O) groups excluding carboxylic acids is 1. The topological polar surface area (TPSA) is 102 Å². The molecule has 2 aromatic rings. The highest BCUT2D eigenvalue weighted by atomic mass is 35.5. The maximum absolute atomic E-state index is 11.9. The summed E-state index contributed by atoms with van der Waals surface area (Å²) in [4.78, 5) is 22.1. The van der Waals surface area contributed by atoms with E-state index in [4.69, 9.17) is 26.3 Å². The van der Waals surface area contributed by atoms with Gasteiger partial charge in [0.1, 0.15) is 5.02 Å². The zero-order valence-electron chi connectivity index (χ0n) is 12.9. The Bertz CT molecular complexity index is 902. The van der Waals surface area contributed by atoms with Crippen LogP contribution >= 0.6 is 11.6 Å². The highest BCUT2D eigenvalue weighted by Gasteiger charge is 2.12. The first-order valence-electron chi connectivity index (χ1n) is 6.86. The van der Waals surface area contributed by atoms with E-state index in [1.54, 1.807) is 0 Å². The molecule has 2 aromatic carbocycles. The molecular formula is C17H11ClN2O5. The van der Waals surface area contributed by atoms with Gasteiger partial charge in [-0.05, 0) is 29.8 Å². The molecule has 2 rings (SSSR count). The van der Waals surface area contributed by atoms with Gasteiger partial charge in [-0.25, -0.2) is 4.79 Å². The summed E-state index contributed by atoms with van der Waals surface area (Å²) in [7, 11) is 1.39. The summed E-state index contributed by atoms with van der Waals surface area (Å²) in [5.74, 6) is -0.318. The molecule has 0 fully saturated rings. The highest BCUT2D eigenvalue weighted by Crippen LogP contribution is 2.28. The van der Waals surface area contributed by atoms with Crippen molar-refractivity contribution in [1.29, 1.82) is 5.26 Å². The van der Waals surface area contributed by atoms with E-state index in [1.807, 2.05) is 6.07 Å². The van der Waals surface area contributed by atoms with Gasteiger partial charge in [0.2, 0.25) is 0 Å². The smallest absolute Gasteiger partial charge is 0.336 e. The van der Waals surface area contributed by atoms with Gasteiger partial charge in [-0.3, -0.25) is 10.1 Å². The molecule has 7 nitrogen and oxygen atoms in total. The van der Waals surface area contributed by atoms with E-state index in [0.717, 1.165) is 6.08 Å². The van der Waals surface area contributed by atoms with Crippen molar-refractivity contribution >= 4 is 29.3 Å². The van der Waals surface area contributed by atoms with Crippen LogP contribution in [0.5, 0.6) is 11.5 Å². The lowest BCUT2D eigenvalue weighted by Crippen LogP contribution is -2.05. The van der Waals surface area contributed by atoms with Crippen LogP contribution in [0.3, 0.4) is 0 Å². The second kappa shape index (κ2) is 7.95. The number of nitrogens with zero attached hydrogens (tertiary/aromatic N) is 2. The van der Waals surface area contributed by atoms with Gasteiger partial charge in [-0.1, -0.05) is 17.7 Å². The predicted octanol–water partition coefficient (Wildman–Crippen LogP) is 3.75. The third-order valence-corrected chi connectivity index (χ3v) is 3.40. The second-order valence-electron chi connectivity index (χ2n) is 4.70. The lowest BCUT2D eigenvalue weighted by atomic mass is 10.2. The second-order valence-corrected chi connectivity index (χ2v) is 5.11. The minimum Gasteiger partial charge on any atom is -0.493 e. The van der Waals surface area contributed by atoms with Gasteiger partial charge >= 0.3 is 5.97 Å². The number of esters is 1. The van der Waals surface area contributed by atoms with Gasteiger partial charge in [-0.15, -0.1) is 0 Å². The molecule has 0 atom stereocenters. The number of halogens is 1. The minimum absolute atomic E-state index is 0.00652. The highest BCUT2D eigenvalue weighted by molar-refractivity contribution is 6.32. The Morgan fingerprint density at radius 1 is 1.28 bits per heavy atom. The van der Waals surface area contributed by atoms with E-state index >= 15 is 0 Å². The van der Waals surface area contributed by atoms with Crippen LogP contribution in [0.4, 0.5) is 5.69 Å². The molecule has 25 heavy (non-hydrogen) atoms. The molecule has 0 amide bonds. The Morgan fingerprint density at radius 2 is 2.04 bits per heavy atom. The maximum Gasteiger partial charge on any atom is 0.336 e. The van der Waals surface area contributed by atoms with Crippen LogP contribution in [-0.2, 0) is 4.79 Å². The molecule has 0 saturated carbocycles. The van der Waals surface area contributed by atoms with E-state index in [1.165, 1.54) is 49.6 Å². The van der Waals surface area contributed by atoms with Crippen LogP contribution in [0.2, 0.25) is 5.02 Å². The zero-order valence-corrected chi connectivity index (χ0v) is 13.7. The normalized spacial score (nSPS) is 10.3. The van der Waals surface area contributed by atoms with Crippen LogP contribution in [0.15, 0.2) is 42.5 Å². The average molecular weight is 359 g/mol. The summed E-state index contributed by atoms with van der Waals surface area (Å²) in [6, 6.07) is 10.5. The van der Waals surface area contributed by atoms with E-state index in [2.05, 4.69) is 0 Å². The number of nitro groups is 1. The standard InChI is InChI=1S/C17H11ClN2O5/c1-24-16-9-12(10-19)3-6-15(16)25-17(21)7-4-11-2-5-13(18)14(8-11)20(22)23/h2-9H,1H3. The fourth-order valence-electron chi connectivity index (χ4n) is 1.90. The Morgan fingerprint density at radius 3 is 2.68 bits per heavy atom. The number of benzene rings is 2.